The molecule has 2 aromatic carbocycles. The van der Waals surface area contributed by atoms with Gasteiger partial charge in [-0.1, -0.05) is 41.9 Å². The first-order valence-corrected chi connectivity index (χ1v) is 6.30. The maximum Gasteiger partial charge on any atom is 0.337 e. The van der Waals surface area contributed by atoms with Crippen molar-refractivity contribution in [3.63, 3.8) is 0 Å². The van der Waals surface area contributed by atoms with E-state index in [1.165, 1.54) is 0 Å². The first-order chi connectivity index (χ1) is 9.08. The predicted molar refractivity (Wildman–Crippen MR) is 76.9 cm³/mol. The van der Waals surface area contributed by atoms with Crippen LogP contribution in [0.5, 0.6) is 0 Å². The van der Waals surface area contributed by atoms with Crippen molar-refractivity contribution in [2.24, 2.45) is 0 Å². The van der Waals surface area contributed by atoms with E-state index in [1.807, 2.05) is 37.3 Å². The third kappa shape index (κ3) is 3.26. The number of benzene rings is 2. The number of hydrogen-bond donors (Lipinski definition) is 2. The summed E-state index contributed by atoms with van der Waals surface area (Å²) in [7, 11) is 0. The summed E-state index contributed by atoms with van der Waals surface area (Å²) in [5.74, 6) is -1.03. The van der Waals surface area contributed by atoms with Crippen molar-refractivity contribution < 1.29 is 9.90 Å². The highest BCUT2D eigenvalue weighted by Gasteiger charge is 2.11. The Morgan fingerprint density at radius 3 is 2.53 bits per heavy atom. The molecule has 0 aliphatic heterocycles. The van der Waals surface area contributed by atoms with Gasteiger partial charge in [0.05, 0.1) is 10.6 Å². The Kier molecular flexibility index (Phi) is 4.07. The number of carbonyl (C=O) groups is 1. The second-order valence-corrected chi connectivity index (χ2v) is 4.68. The van der Waals surface area contributed by atoms with Gasteiger partial charge in [-0.3, -0.25) is 0 Å². The van der Waals surface area contributed by atoms with Crippen molar-refractivity contribution in [3.05, 3.63) is 64.7 Å². The zero-order valence-electron chi connectivity index (χ0n) is 10.4. The highest BCUT2D eigenvalue weighted by molar-refractivity contribution is 6.33. The van der Waals surface area contributed by atoms with Gasteiger partial charge >= 0.3 is 5.97 Å². The fraction of sp³-hybridized carbons (Fsp3) is 0.133. The molecule has 0 heterocycles. The molecule has 0 aromatic heterocycles. The van der Waals surface area contributed by atoms with E-state index in [4.69, 9.17) is 16.7 Å². The lowest BCUT2D eigenvalue weighted by Crippen LogP contribution is -2.07. The highest BCUT2D eigenvalue weighted by atomic mass is 35.5. The number of halogens is 1. The number of carboxylic acids is 1. The quantitative estimate of drug-likeness (QED) is 0.879. The van der Waals surface area contributed by atoms with Gasteiger partial charge in [-0.25, -0.2) is 4.79 Å². The molecule has 19 heavy (non-hydrogen) atoms. The van der Waals surface area contributed by atoms with E-state index in [1.54, 1.807) is 18.2 Å². The van der Waals surface area contributed by atoms with E-state index < -0.39 is 5.97 Å². The summed E-state index contributed by atoms with van der Waals surface area (Å²) in [6.45, 7) is 2.02. The van der Waals surface area contributed by atoms with E-state index in [0.29, 0.717) is 0 Å². The molecule has 0 aliphatic rings. The Hall–Kier alpha value is -2.00. The first kappa shape index (κ1) is 13.4. The lowest BCUT2D eigenvalue weighted by Gasteiger charge is -2.16. The van der Waals surface area contributed by atoms with Gasteiger partial charge in [0.2, 0.25) is 0 Å². The van der Waals surface area contributed by atoms with Crippen molar-refractivity contribution in [1.29, 1.82) is 0 Å². The summed E-state index contributed by atoms with van der Waals surface area (Å²) in [4.78, 5) is 11.0. The number of aromatic carboxylic acids is 1. The van der Waals surface area contributed by atoms with Crippen LogP contribution >= 0.6 is 11.6 Å². The number of nitrogens with one attached hydrogen (secondary N) is 1. The summed E-state index contributed by atoms with van der Waals surface area (Å²) in [6.07, 6.45) is 0. The second-order valence-electron chi connectivity index (χ2n) is 4.28. The van der Waals surface area contributed by atoms with Gasteiger partial charge in [0.1, 0.15) is 0 Å². The van der Waals surface area contributed by atoms with Gasteiger partial charge in [0.25, 0.3) is 0 Å². The molecule has 2 rings (SSSR count). The number of carboxylic acid groups (broad SMARTS) is 1. The van der Waals surface area contributed by atoms with Crippen molar-refractivity contribution in [2.45, 2.75) is 13.0 Å². The maximum atomic E-state index is 11.0. The normalized spacial score (nSPS) is 11.9. The molecule has 1 unspecified atom stereocenters. The molecule has 2 N–H and O–H groups in total. The van der Waals surface area contributed by atoms with Crippen LogP contribution in [-0.2, 0) is 0 Å². The zero-order valence-corrected chi connectivity index (χ0v) is 11.2. The lowest BCUT2D eigenvalue weighted by molar-refractivity contribution is 0.0697. The van der Waals surface area contributed by atoms with Crippen LogP contribution in [0.25, 0.3) is 0 Å². The second kappa shape index (κ2) is 5.76. The Labute approximate surface area is 116 Å². The molecular weight excluding hydrogens is 262 g/mol. The Morgan fingerprint density at radius 2 is 1.89 bits per heavy atom. The summed E-state index contributed by atoms with van der Waals surface area (Å²) < 4.78 is 0. The van der Waals surface area contributed by atoms with E-state index in [-0.39, 0.29) is 16.6 Å². The molecule has 0 spiro atoms. The zero-order chi connectivity index (χ0) is 13.8. The van der Waals surface area contributed by atoms with Crippen LogP contribution in [0.2, 0.25) is 5.02 Å². The lowest BCUT2D eigenvalue weighted by atomic mass is 10.1. The predicted octanol–water partition coefficient (Wildman–Crippen LogP) is 4.21. The van der Waals surface area contributed by atoms with Gasteiger partial charge in [0, 0.05) is 11.7 Å². The van der Waals surface area contributed by atoms with E-state index in [0.717, 1.165) is 11.3 Å². The Morgan fingerprint density at radius 1 is 1.21 bits per heavy atom. The average Bonchev–Trinajstić information content (AvgIpc) is 2.41. The third-order valence-corrected chi connectivity index (χ3v) is 3.21. The molecule has 98 valence electrons. The van der Waals surface area contributed by atoms with Crippen LogP contribution in [0.4, 0.5) is 5.69 Å². The fourth-order valence-electron chi connectivity index (χ4n) is 1.85. The molecule has 0 saturated heterocycles. The molecular formula is C15H14ClNO2. The van der Waals surface area contributed by atoms with Crippen LogP contribution in [0, 0.1) is 0 Å². The monoisotopic (exact) mass is 275 g/mol. The van der Waals surface area contributed by atoms with Crippen molar-refractivity contribution in [2.75, 3.05) is 5.32 Å². The molecule has 0 saturated carbocycles. The maximum absolute atomic E-state index is 11.0. The van der Waals surface area contributed by atoms with E-state index in [2.05, 4.69) is 5.32 Å². The largest absolute Gasteiger partial charge is 0.478 e. The fourth-order valence-corrected chi connectivity index (χ4v) is 2.05. The van der Waals surface area contributed by atoms with Crippen molar-refractivity contribution >= 4 is 23.3 Å². The summed E-state index contributed by atoms with van der Waals surface area (Å²) in [5.41, 5.74) is 1.97. The van der Waals surface area contributed by atoms with Gasteiger partial charge in [-0.05, 0) is 30.7 Å². The minimum absolute atomic E-state index is 0.0871. The SMILES string of the molecule is CC(Nc1ccc(Cl)c(C(=O)O)c1)c1ccccc1. The molecule has 0 fully saturated rings. The summed E-state index contributed by atoms with van der Waals surface area (Å²) in [5, 5.41) is 12.5. The molecule has 3 nitrogen and oxygen atoms in total. The van der Waals surface area contributed by atoms with E-state index >= 15 is 0 Å². The molecule has 1 atom stereocenters. The molecule has 0 bridgehead atoms. The van der Waals surface area contributed by atoms with Crippen LogP contribution in [0.1, 0.15) is 28.9 Å². The molecule has 0 radical (unpaired) electrons. The smallest absolute Gasteiger partial charge is 0.337 e. The topological polar surface area (TPSA) is 49.3 Å². The number of rotatable bonds is 4. The summed E-state index contributed by atoms with van der Waals surface area (Å²) >= 11 is 5.84. The highest BCUT2D eigenvalue weighted by Crippen LogP contribution is 2.24. The Balaban J connectivity index is 2.20. The molecule has 4 heteroatoms. The number of hydrogen-bond acceptors (Lipinski definition) is 2. The molecule has 0 aliphatic carbocycles. The summed E-state index contributed by atoms with van der Waals surface area (Å²) in [6, 6.07) is 14.9. The Bertz CT molecular complexity index is 584. The van der Waals surface area contributed by atoms with Crippen LogP contribution < -0.4 is 5.32 Å². The van der Waals surface area contributed by atoms with Crippen molar-refractivity contribution in [3.8, 4) is 0 Å². The first-order valence-electron chi connectivity index (χ1n) is 5.92. The van der Waals surface area contributed by atoms with Gasteiger partial charge in [0.15, 0.2) is 0 Å². The third-order valence-electron chi connectivity index (χ3n) is 2.88. The van der Waals surface area contributed by atoms with Crippen LogP contribution in [0.15, 0.2) is 48.5 Å². The van der Waals surface area contributed by atoms with Crippen LogP contribution in [-0.4, -0.2) is 11.1 Å². The molecule has 0 amide bonds. The van der Waals surface area contributed by atoms with Crippen molar-refractivity contribution in [1.82, 2.24) is 0 Å². The van der Waals surface area contributed by atoms with Crippen LogP contribution in [0.3, 0.4) is 0 Å². The standard InChI is InChI=1S/C15H14ClNO2/c1-10(11-5-3-2-4-6-11)17-12-7-8-14(16)13(9-12)15(18)19/h2-10,17H,1H3,(H,18,19). The van der Waals surface area contributed by atoms with Gasteiger partial charge in [-0.15, -0.1) is 0 Å². The van der Waals surface area contributed by atoms with E-state index in [9.17, 15) is 4.79 Å². The molecule has 2 aromatic rings. The number of anilines is 1. The minimum atomic E-state index is -1.03. The van der Waals surface area contributed by atoms with Gasteiger partial charge < -0.3 is 10.4 Å². The minimum Gasteiger partial charge on any atom is -0.478 e. The van der Waals surface area contributed by atoms with Gasteiger partial charge in [-0.2, -0.15) is 0 Å². The average molecular weight is 276 g/mol.